The number of nitrogens with zero attached hydrogens (tertiary/aromatic N) is 3. The van der Waals surface area contributed by atoms with Gasteiger partial charge < -0.3 is 0 Å². The Balaban J connectivity index is 1.43. The molecule has 3 heteroatoms. The van der Waals surface area contributed by atoms with Crippen LogP contribution in [0.5, 0.6) is 0 Å². The summed E-state index contributed by atoms with van der Waals surface area (Å²) in [5.41, 5.74) is 6.47. The van der Waals surface area contributed by atoms with Crippen LogP contribution in [-0.4, -0.2) is 15.0 Å². The van der Waals surface area contributed by atoms with E-state index in [-0.39, 0.29) is 0 Å². The summed E-state index contributed by atoms with van der Waals surface area (Å²) in [6.07, 6.45) is 5.06. The molecule has 4 aromatic carbocycles. The summed E-state index contributed by atoms with van der Waals surface area (Å²) in [6, 6.07) is 36.6. The molecule has 3 aromatic heterocycles. The Bertz CT molecular complexity index is 1750. The first-order valence-electron chi connectivity index (χ1n) is 12.3. The maximum Gasteiger partial charge on any atom is 0.0472 e. The number of hydrogen-bond donors (Lipinski definition) is 0. The molecule has 3 nitrogen and oxygen atoms in total. The van der Waals surface area contributed by atoms with Crippen molar-refractivity contribution in [2.75, 3.05) is 0 Å². The van der Waals surface area contributed by atoms with Gasteiger partial charge in [-0.25, -0.2) is 0 Å². The van der Waals surface area contributed by atoms with Gasteiger partial charge in [0.15, 0.2) is 0 Å². The minimum Gasteiger partial charge on any atom is -0.261 e. The summed E-state index contributed by atoms with van der Waals surface area (Å²) < 4.78 is 0. The van der Waals surface area contributed by atoms with Gasteiger partial charge in [-0.1, -0.05) is 66.7 Å². The minimum absolute atomic E-state index is 0.690. The van der Waals surface area contributed by atoms with Gasteiger partial charge in [0.1, 0.15) is 0 Å². The quantitative estimate of drug-likeness (QED) is 0.248. The van der Waals surface area contributed by atoms with E-state index in [1.807, 2.05) is 36.7 Å². The summed E-state index contributed by atoms with van der Waals surface area (Å²) >= 11 is 0. The summed E-state index contributed by atoms with van der Waals surface area (Å²) in [6.45, 7) is 0. The monoisotopic (exact) mass is 461 g/mol. The molecule has 0 atom stereocenters. The Labute approximate surface area is 209 Å². The third-order valence-electron chi connectivity index (χ3n) is 6.95. The molecule has 0 aliphatic heterocycles. The largest absolute Gasteiger partial charge is 0.261 e. The van der Waals surface area contributed by atoms with Gasteiger partial charge in [-0.2, -0.15) is 0 Å². The second-order valence-corrected chi connectivity index (χ2v) is 9.30. The van der Waals surface area contributed by atoms with Crippen molar-refractivity contribution in [1.82, 2.24) is 15.0 Å². The number of pyridine rings is 3. The molecule has 0 aliphatic carbocycles. The highest BCUT2D eigenvalue weighted by atomic mass is 14.7. The zero-order chi connectivity index (χ0) is 23.9. The fourth-order valence-corrected chi connectivity index (χ4v) is 5.35. The molecule has 0 aliphatic rings. The molecular weight excluding hydrogens is 438 g/mol. The van der Waals surface area contributed by atoms with Gasteiger partial charge in [0.2, 0.25) is 0 Å². The van der Waals surface area contributed by atoms with E-state index in [0.717, 1.165) is 22.8 Å². The molecule has 7 rings (SSSR count). The normalized spacial score (nSPS) is 11.6. The molecule has 0 radical (unpaired) electrons. The maximum absolute atomic E-state index is 5.03. The highest BCUT2D eigenvalue weighted by molar-refractivity contribution is 6.25. The third-order valence-corrected chi connectivity index (χ3v) is 6.95. The van der Waals surface area contributed by atoms with Gasteiger partial charge in [-0.15, -0.1) is 0 Å². The van der Waals surface area contributed by atoms with Crippen molar-refractivity contribution in [3.63, 3.8) is 0 Å². The van der Waals surface area contributed by atoms with Gasteiger partial charge in [0, 0.05) is 48.0 Å². The van der Waals surface area contributed by atoms with Gasteiger partial charge in [-0.3, -0.25) is 15.0 Å². The number of benzene rings is 4. The van der Waals surface area contributed by atoms with Gasteiger partial charge >= 0.3 is 0 Å². The van der Waals surface area contributed by atoms with Crippen molar-refractivity contribution in [1.29, 1.82) is 0 Å². The summed E-state index contributed by atoms with van der Waals surface area (Å²) in [4.78, 5) is 14.1. The molecule has 3 heterocycles. The lowest BCUT2D eigenvalue weighted by Gasteiger charge is -2.15. The first-order valence-corrected chi connectivity index (χ1v) is 12.3. The van der Waals surface area contributed by atoms with E-state index in [0.29, 0.717) is 12.8 Å². The zero-order valence-electron chi connectivity index (χ0n) is 19.7. The predicted molar refractivity (Wildman–Crippen MR) is 147 cm³/mol. The van der Waals surface area contributed by atoms with Crippen molar-refractivity contribution in [2.45, 2.75) is 12.8 Å². The number of hydrogen-bond acceptors (Lipinski definition) is 3. The second kappa shape index (κ2) is 8.54. The summed E-state index contributed by atoms with van der Waals surface area (Å²) in [5, 5.41) is 7.78. The van der Waals surface area contributed by atoms with Crippen LogP contribution in [0.2, 0.25) is 0 Å². The van der Waals surface area contributed by atoms with Crippen LogP contribution in [0.4, 0.5) is 0 Å². The second-order valence-electron chi connectivity index (χ2n) is 9.30. The first kappa shape index (κ1) is 20.7. The molecule has 36 heavy (non-hydrogen) atoms. The topological polar surface area (TPSA) is 38.7 Å². The molecule has 0 saturated heterocycles. The van der Waals surface area contributed by atoms with Gasteiger partial charge in [0.25, 0.3) is 0 Å². The Hall–Kier alpha value is -4.63. The van der Waals surface area contributed by atoms with Crippen molar-refractivity contribution in [3.8, 4) is 11.1 Å². The third kappa shape index (κ3) is 3.66. The van der Waals surface area contributed by atoms with E-state index in [1.165, 1.54) is 43.4 Å². The Morgan fingerprint density at radius 2 is 1.06 bits per heavy atom. The zero-order valence-corrected chi connectivity index (χ0v) is 19.7. The Kier molecular flexibility index (Phi) is 4.92. The van der Waals surface area contributed by atoms with Gasteiger partial charge in [-0.05, 0) is 79.8 Å². The van der Waals surface area contributed by atoms with Crippen molar-refractivity contribution < 1.29 is 0 Å². The SMILES string of the molecule is c1ccc(Cc2cc(-c3ccc4ccc5cccc6ccc3c4c56)cc(Cc3ccccn3)n2)nc1. The first-order chi connectivity index (χ1) is 17.8. The van der Waals surface area contributed by atoms with Crippen LogP contribution in [0, 0.1) is 0 Å². The average Bonchev–Trinajstić information content (AvgIpc) is 2.93. The highest BCUT2D eigenvalue weighted by Crippen LogP contribution is 2.39. The van der Waals surface area contributed by atoms with Crippen LogP contribution in [0.25, 0.3) is 43.4 Å². The number of aromatic nitrogens is 3. The molecule has 0 spiro atoms. The number of rotatable bonds is 5. The van der Waals surface area contributed by atoms with E-state index in [1.54, 1.807) is 0 Å². The van der Waals surface area contributed by atoms with Crippen LogP contribution in [0.1, 0.15) is 22.8 Å². The van der Waals surface area contributed by atoms with Crippen LogP contribution in [0.3, 0.4) is 0 Å². The van der Waals surface area contributed by atoms with E-state index in [9.17, 15) is 0 Å². The molecule has 0 N–H and O–H groups in total. The minimum atomic E-state index is 0.690. The molecular formula is C33H23N3. The van der Waals surface area contributed by atoms with Crippen LogP contribution in [-0.2, 0) is 12.8 Å². The Morgan fingerprint density at radius 3 is 1.67 bits per heavy atom. The van der Waals surface area contributed by atoms with Crippen LogP contribution < -0.4 is 0 Å². The lowest BCUT2D eigenvalue weighted by molar-refractivity contribution is 0.949. The van der Waals surface area contributed by atoms with Crippen molar-refractivity contribution in [3.05, 3.63) is 138 Å². The van der Waals surface area contributed by atoms with Crippen molar-refractivity contribution >= 4 is 32.3 Å². The molecule has 0 bridgehead atoms. The molecule has 0 amide bonds. The summed E-state index contributed by atoms with van der Waals surface area (Å²) in [5.74, 6) is 0. The lowest BCUT2D eigenvalue weighted by Crippen LogP contribution is -2.01. The summed E-state index contributed by atoms with van der Waals surface area (Å²) in [7, 11) is 0. The highest BCUT2D eigenvalue weighted by Gasteiger charge is 2.14. The van der Waals surface area contributed by atoms with E-state index >= 15 is 0 Å². The molecule has 170 valence electrons. The van der Waals surface area contributed by atoms with Gasteiger partial charge in [0.05, 0.1) is 0 Å². The standard InChI is InChI=1S/C33H23N3/c1-3-16-34-26(8-1)20-28-18-25(19-29(36-28)21-27-9-2-4-17-35-27)30-14-12-24-11-10-22-6-5-7-23-13-15-31(30)33(24)32(22)23/h1-19H,20-21H2. The Morgan fingerprint density at radius 1 is 0.472 bits per heavy atom. The molecule has 0 unspecified atom stereocenters. The van der Waals surface area contributed by atoms with Crippen molar-refractivity contribution in [2.24, 2.45) is 0 Å². The van der Waals surface area contributed by atoms with Crippen LogP contribution >= 0.6 is 0 Å². The van der Waals surface area contributed by atoms with Crippen LogP contribution in [0.15, 0.2) is 116 Å². The van der Waals surface area contributed by atoms with E-state index in [4.69, 9.17) is 4.98 Å². The van der Waals surface area contributed by atoms with E-state index in [2.05, 4.69) is 88.8 Å². The lowest BCUT2D eigenvalue weighted by atomic mass is 9.89. The smallest absolute Gasteiger partial charge is 0.0472 e. The average molecular weight is 462 g/mol. The molecule has 7 aromatic rings. The molecule has 0 saturated carbocycles. The van der Waals surface area contributed by atoms with E-state index < -0.39 is 0 Å². The fraction of sp³-hybridized carbons (Fsp3) is 0.0606. The molecule has 0 fully saturated rings. The predicted octanol–water partition coefficient (Wildman–Crippen LogP) is 7.62. The fourth-order valence-electron chi connectivity index (χ4n) is 5.35. The maximum atomic E-state index is 5.03.